The highest BCUT2D eigenvalue weighted by Gasteiger charge is 2.49. The third kappa shape index (κ3) is 1.81. The maximum atomic E-state index is 11.4. The Hall–Kier alpha value is -1.09. The minimum Gasteiger partial charge on any atom is -0.435 e. The van der Waals surface area contributed by atoms with Crippen LogP contribution in [0.3, 0.4) is 0 Å². The van der Waals surface area contributed by atoms with Gasteiger partial charge in [0, 0.05) is 11.8 Å². The van der Waals surface area contributed by atoms with Gasteiger partial charge in [-0.1, -0.05) is 32.1 Å². The molecule has 98 valence electrons. The maximum absolute atomic E-state index is 11.4. The van der Waals surface area contributed by atoms with Gasteiger partial charge in [0.2, 0.25) is 6.29 Å². The number of allylic oxidation sites excluding steroid dienone is 2. The van der Waals surface area contributed by atoms with E-state index in [9.17, 15) is 4.79 Å². The highest BCUT2D eigenvalue weighted by atomic mass is 16.7. The largest absolute Gasteiger partial charge is 0.435 e. The summed E-state index contributed by atoms with van der Waals surface area (Å²) < 4.78 is 10.8. The predicted molar refractivity (Wildman–Crippen MR) is 67.7 cm³/mol. The molecule has 18 heavy (non-hydrogen) atoms. The fourth-order valence-corrected chi connectivity index (χ4v) is 3.62. The highest BCUT2D eigenvalue weighted by Crippen LogP contribution is 2.50. The highest BCUT2D eigenvalue weighted by molar-refractivity contribution is 5.72. The monoisotopic (exact) mass is 248 g/mol. The molecule has 0 saturated carbocycles. The van der Waals surface area contributed by atoms with Crippen molar-refractivity contribution in [1.82, 2.24) is 0 Å². The third-order valence-corrected chi connectivity index (χ3v) is 4.40. The quantitative estimate of drug-likeness (QED) is 0.705. The maximum Gasteiger partial charge on any atom is 0.308 e. The van der Waals surface area contributed by atoms with Gasteiger partial charge in [-0.15, -0.1) is 0 Å². The first kappa shape index (κ1) is 12.0. The second-order valence-corrected chi connectivity index (χ2v) is 6.44. The zero-order valence-corrected chi connectivity index (χ0v) is 11.1. The van der Waals surface area contributed by atoms with Crippen LogP contribution < -0.4 is 0 Å². The normalized spacial score (nSPS) is 37.9. The Morgan fingerprint density at radius 2 is 2.17 bits per heavy atom. The topological polar surface area (TPSA) is 35.5 Å². The van der Waals surface area contributed by atoms with Gasteiger partial charge in [0.05, 0.1) is 13.0 Å². The fraction of sp³-hybridized carbons (Fsp3) is 0.667. The Labute approximate surface area is 108 Å². The zero-order chi connectivity index (χ0) is 12.9. The summed E-state index contributed by atoms with van der Waals surface area (Å²) in [6.45, 7) is 9.19. The average molecular weight is 248 g/mol. The molecule has 0 spiro atoms. The molecule has 2 fully saturated rings. The molecule has 0 radical (unpaired) electrons. The van der Waals surface area contributed by atoms with Crippen molar-refractivity contribution in [3.05, 3.63) is 23.8 Å². The molecule has 3 unspecified atom stereocenters. The first-order valence-electron chi connectivity index (χ1n) is 6.65. The fourth-order valence-electron chi connectivity index (χ4n) is 3.62. The zero-order valence-electron chi connectivity index (χ0n) is 11.1. The van der Waals surface area contributed by atoms with Crippen LogP contribution in [0.4, 0.5) is 0 Å². The van der Waals surface area contributed by atoms with Crippen LogP contribution in [-0.2, 0) is 14.3 Å². The van der Waals surface area contributed by atoms with Gasteiger partial charge in [-0.3, -0.25) is 4.79 Å². The van der Waals surface area contributed by atoms with E-state index in [1.165, 1.54) is 11.1 Å². The average Bonchev–Trinajstić information content (AvgIpc) is 2.89. The van der Waals surface area contributed by atoms with E-state index in [0.29, 0.717) is 24.4 Å². The molecule has 2 aliphatic heterocycles. The van der Waals surface area contributed by atoms with Crippen LogP contribution in [0, 0.1) is 17.3 Å². The molecular weight excluding hydrogens is 228 g/mol. The number of fused-ring (bicyclic) bond motifs is 1. The van der Waals surface area contributed by atoms with E-state index in [1.807, 2.05) is 6.08 Å². The van der Waals surface area contributed by atoms with Crippen LogP contribution in [0.5, 0.6) is 0 Å². The van der Waals surface area contributed by atoms with Crippen LogP contribution in [-0.4, -0.2) is 18.9 Å². The molecule has 3 rings (SSSR count). The predicted octanol–water partition coefficient (Wildman–Crippen LogP) is 2.82. The Morgan fingerprint density at radius 3 is 2.89 bits per heavy atom. The summed E-state index contributed by atoms with van der Waals surface area (Å²) in [5.41, 5.74) is 3.11. The summed E-state index contributed by atoms with van der Waals surface area (Å²) >= 11 is 0. The minimum absolute atomic E-state index is 0.118. The van der Waals surface area contributed by atoms with Crippen LogP contribution >= 0.6 is 0 Å². The number of carbonyl (C=O) groups excluding carboxylic acids is 1. The Morgan fingerprint density at radius 1 is 1.39 bits per heavy atom. The lowest BCUT2D eigenvalue weighted by molar-refractivity contribution is -0.158. The summed E-state index contributed by atoms with van der Waals surface area (Å²) in [4.78, 5) is 11.4. The first-order chi connectivity index (χ1) is 8.50. The summed E-state index contributed by atoms with van der Waals surface area (Å²) in [7, 11) is 0. The molecule has 3 aliphatic rings. The number of hydrogen-bond acceptors (Lipinski definition) is 3. The molecular formula is C15H20O3. The van der Waals surface area contributed by atoms with Crippen molar-refractivity contribution in [3.8, 4) is 0 Å². The molecule has 0 bridgehead atoms. The second kappa shape index (κ2) is 3.95. The van der Waals surface area contributed by atoms with Gasteiger partial charge in [0.1, 0.15) is 0 Å². The molecule has 2 saturated heterocycles. The van der Waals surface area contributed by atoms with E-state index in [-0.39, 0.29) is 18.2 Å². The van der Waals surface area contributed by atoms with Crippen LogP contribution in [0.1, 0.15) is 33.1 Å². The Kier molecular flexibility index (Phi) is 2.63. The van der Waals surface area contributed by atoms with Gasteiger partial charge in [-0.25, -0.2) is 0 Å². The molecule has 3 heteroatoms. The van der Waals surface area contributed by atoms with E-state index >= 15 is 0 Å². The van der Waals surface area contributed by atoms with Crippen molar-refractivity contribution < 1.29 is 14.3 Å². The van der Waals surface area contributed by atoms with Crippen molar-refractivity contribution in [2.75, 3.05) is 6.61 Å². The number of rotatable bonds is 2. The van der Waals surface area contributed by atoms with E-state index < -0.39 is 0 Å². The smallest absolute Gasteiger partial charge is 0.308 e. The molecule has 0 aromatic heterocycles. The lowest BCUT2D eigenvalue weighted by atomic mass is 9.82. The minimum atomic E-state index is -0.301. The third-order valence-electron chi connectivity index (χ3n) is 4.40. The SMILES string of the molecule is C=CC1=C(C2COC3OC(=O)CC32)CC(C)(C)C1. The Balaban J connectivity index is 1.87. The molecule has 0 N–H and O–H groups in total. The molecule has 0 amide bonds. The summed E-state index contributed by atoms with van der Waals surface area (Å²) in [6, 6.07) is 0. The molecule has 3 nitrogen and oxygen atoms in total. The van der Waals surface area contributed by atoms with Crippen molar-refractivity contribution in [2.45, 2.75) is 39.4 Å². The molecule has 0 aromatic carbocycles. The van der Waals surface area contributed by atoms with Crippen molar-refractivity contribution >= 4 is 5.97 Å². The van der Waals surface area contributed by atoms with Crippen molar-refractivity contribution in [2.24, 2.45) is 17.3 Å². The van der Waals surface area contributed by atoms with Crippen molar-refractivity contribution in [1.29, 1.82) is 0 Å². The van der Waals surface area contributed by atoms with Gasteiger partial charge in [-0.2, -0.15) is 0 Å². The second-order valence-electron chi connectivity index (χ2n) is 6.44. The van der Waals surface area contributed by atoms with Crippen LogP contribution in [0.25, 0.3) is 0 Å². The van der Waals surface area contributed by atoms with Crippen LogP contribution in [0.15, 0.2) is 23.8 Å². The first-order valence-corrected chi connectivity index (χ1v) is 6.65. The van der Waals surface area contributed by atoms with E-state index in [4.69, 9.17) is 9.47 Å². The van der Waals surface area contributed by atoms with Gasteiger partial charge in [0.15, 0.2) is 0 Å². The number of carbonyl (C=O) groups is 1. The summed E-state index contributed by atoms with van der Waals surface area (Å²) in [5, 5.41) is 0. The van der Waals surface area contributed by atoms with Gasteiger partial charge >= 0.3 is 5.97 Å². The number of ether oxygens (including phenoxy) is 2. The summed E-state index contributed by atoms with van der Waals surface area (Å²) in [5.74, 6) is 0.445. The molecule has 0 aromatic rings. The number of hydrogen-bond donors (Lipinski definition) is 0. The van der Waals surface area contributed by atoms with E-state index in [1.54, 1.807) is 0 Å². The standard InChI is InChI=1S/C15H20O3/c1-4-9-6-15(2,3)7-11(9)12-8-17-14-10(12)5-13(16)18-14/h4,10,12,14H,1,5-8H2,2-3H3. The summed E-state index contributed by atoms with van der Waals surface area (Å²) in [6.07, 6.45) is 4.34. The number of esters is 1. The van der Waals surface area contributed by atoms with Crippen LogP contribution in [0.2, 0.25) is 0 Å². The Bertz CT molecular complexity index is 433. The van der Waals surface area contributed by atoms with Crippen molar-refractivity contribution in [3.63, 3.8) is 0 Å². The van der Waals surface area contributed by atoms with Gasteiger partial charge in [-0.05, 0) is 23.8 Å². The lowest BCUT2D eigenvalue weighted by Crippen LogP contribution is -2.18. The molecule has 2 heterocycles. The van der Waals surface area contributed by atoms with Gasteiger partial charge in [0.25, 0.3) is 0 Å². The molecule has 3 atom stereocenters. The van der Waals surface area contributed by atoms with E-state index in [0.717, 1.165) is 12.8 Å². The van der Waals surface area contributed by atoms with Gasteiger partial charge < -0.3 is 9.47 Å². The van der Waals surface area contributed by atoms with E-state index in [2.05, 4.69) is 20.4 Å². The molecule has 1 aliphatic carbocycles. The lowest BCUT2D eigenvalue weighted by Gasteiger charge is -2.20.